The van der Waals surface area contributed by atoms with Gasteiger partial charge in [0.05, 0.1) is 29.9 Å². The summed E-state index contributed by atoms with van der Waals surface area (Å²) < 4.78 is 28.8. The fourth-order valence-electron chi connectivity index (χ4n) is 3.71. The van der Waals surface area contributed by atoms with E-state index in [0.717, 1.165) is 16.8 Å². The zero-order valence-corrected chi connectivity index (χ0v) is 11.5. The lowest BCUT2D eigenvalue weighted by Gasteiger charge is -2.41. The van der Waals surface area contributed by atoms with Crippen molar-refractivity contribution in [2.75, 3.05) is 0 Å². The van der Waals surface area contributed by atoms with Crippen LogP contribution in [0.3, 0.4) is 0 Å². The van der Waals surface area contributed by atoms with Crippen molar-refractivity contribution >= 4 is 0 Å². The van der Waals surface area contributed by atoms with Gasteiger partial charge in [-0.1, -0.05) is 24.3 Å². The Morgan fingerprint density at radius 3 is 2.62 bits per heavy atom. The summed E-state index contributed by atoms with van der Waals surface area (Å²) in [5.74, 6) is -2.65. The van der Waals surface area contributed by atoms with Gasteiger partial charge in [-0.15, -0.1) is 0 Å². The van der Waals surface area contributed by atoms with Gasteiger partial charge in [-0.2, -0.15) is 0 Å². The molecule has 1 atom stereocenters. The van der Waals surface area contributed by atoms with Crippen LogP contribution in [0.25, 0.3) is 11.3 Å². The summed E-state index contributed by atoms with van der Waals surface area (Å²) >= 11 is 0. The lowest BCUT2D eigenvalue weighted by Crippen LogP contribution is -2.44. The van der Waals surface area contributed by atoms with Crippen LogP contribution >= 0.6 is 0 Å². The van der Waals surface area contributed by atoms with Gasteiger partial charge in [0.25, 0.3) is 0 Å². The van der Waals surface area contributed by atoms with Crippen LogP contribution in [0.1, 0.15) is 37.3 Å². The van der Waals surface area contributed by atoms with Crippen molar-refractivity contribution in [2.45, 2.75) is 43.2 Å². The molecular formula is C16H16F2N2O. The van der Waals surface area contributed by atoms with Crippen molar-refractivity contribution in [1.82, 2.24) is 9.55 Å². The van der Waals surface area contributed by atoms with E-state index in [1.165, 1.54) is 0 Å². The maximum absolute atomic E-state index is 13.4. The summed E-state index contributed by atoms with van der Waals surface area (Å²) in [6.07, 6.45) is 3.15. The Hall–Kier alpha value is -1.75. The molecule has 2 aromatic rings. The minimum atomic E-state index is -2.65. The van der Waals surface area contributed by atoms with Crippen molar-refractivity contribution in [1.29, 1.82) is 0 Å². The molecule has 5 heteroatoms. The van der Waals surface area contributed by atoms with E-state index in [9.17, 15) is 13.9 Å². The summed E-state index contributed by atoms with van der Waals surface area (Å²) in [7, 11) is 0. The molecule has 1 aromatic carbocycles. The van der Waals surface area contributed by atoms with Gasteiger partial charge in [-0.25, -0.2) is 13.8 Å². The summed E-state index contributed by atoms with van der Waals surface area (Å²) in [4.78, 5) is 4.15. The minimum Gasteiger partial charge on any atom is -0.387 e. The molecule has 2 aliphatic rings. The predicted octanol–water partition coefficient (Wildman–Crippen LogP) is 3.39. The molecular weight excluding hydrogens is 274 g/mol. The normalized spacial score (nSPS) is 25.4. The molecule has 110 valence electrons. The van der Waals surface area contributed by atoms with Gasteiger partial charge in [-0.05, 0) is 18.4 Å². The first-order chi connectivity index (χ1) is 10.0. The molecule has 1 saturated carbocycles. The SMILES string of the molecule is OC1([C@@H]2c3ccccc3-c3cncn32)CCC(F)(F)CC1. The number of imidazole rings is 1. The fourth-order valence-corrected chi connectivity index (χ4v) is 3.71. The van der Waals surface area contributed by atoms with Gasteiger partial charge in [0.2, 0.25) is 5.92 Å². The highest BCUT2D eigenvalue weighted by atomic mass is 19.3. The fraction of sp³-hybridized carbons (Fsp3) is 0.438. The number of halogens is 2. The molecule has 1 aliphatic carbocycles. The van der Waals surface area contributed by atoms with Crippen LogP contribution in [0, 0.1) is 0 Å². The third-order valence-electron chi connectivity index (χ3n) is 4.83. The van der Waals surface area contributed by atoms with Crippen molar-refractivity contribution in [3.63, 3.8) is 0 Å². The Morgan fingerprint density at radius 1 is 1.14 bits per heavy atom. The highest BCUT2D eigenvalue weighted by molar-refractivity contribution is 5.69. The van der Waals surface area contributed by atoms with Crippen LogP contribution in [0.2, 0.25) is 0 Å². The summed E-state index contributed by atoms with van der Waals surface area (Å²) in [6, 6.07) is 7.51. The second-order valence-corrected chi connectivity index (χ2v) is 6.14. The van der Waals surface area contributed by atoms with E-state index in [-0.39, 0.29) is 31.7 Å². The number of hydrogen-bond acceptors (Lipinski definition) is 2. The van der Waals surface area contributed by atoms with Crippen molar-refractivity contribution in [2.24, 2.45) is 0 Å². The van der Waals surface area contributed by atoms with E-state index < -0.39 is 11.5 Å². The monoisotopic (exact) mass is 290 g/mol. The molecule has 1 N–H and O–H groups in total. The first-order valence-electron chi connectivity index (χ1n) is 7.22. The largest absolute Gasteiger partial charge is 0.387 e. The second kappa shape index (κ2) is 4.13. The topological polar surface area (TPSA) is 38.1 Å². The van der Waals surface area contributed by atoms with Gasteiger partial charge >= 0.3 is 0 Å². The molecule has 0 bridgehead atoms. The van der Waals surface area contributed by atoms with Crippen molar-refractivity contribution in [3.05, 3.63) is 42.4 Å². The zero-order chi connectivity index (χ0) is 14.7. The van der Waals surface area contributed by atoms with Gasteiger partial charge < -0.3 is 9.67 Å². The predicted molar refractivity (Wildman–Crippen MR) is 74.2 cm³/mol. The quantitative estimate of drug-likeness (QED) is 0.874. The lowest BCUT2D eigenvalue weighted by atomic mass is 9.75. The van der Waals surface area contributed by atoms with E-state index in [2.05, 4.69) is 4.98 Å². The van der Waals surface area contributed by atoms with Crippen LogP contribution in [-0.2, 0) is 0 Å². The number of rotatable bonds is 1. The molecule has 4 rings (SSSR count). The van der Waals surface area contributed by atoms with Crippen LogP contribution in [0.4, 0.5) is 8.78 Å². The molecule has 21 heavy (non-hydrogen) atoms. The molecule has 0 radical (unpaired) electrons. The van der Waals surface area contributed by atoms with E-state index in [1.54, 1.807) is 12.5 Å². The van der Waals surface area contributed by atoms with Crippen LogP contribution in [-0.4, -0.2) is 26.2 Å². The van der Waals surface area contributed by atoms with Crippen molar-refractivity contribution in [3.8, 4) is 11.3 Å². The molecule has 1 aromatic heterocycles. The Bertz CT molecular complexity index is 685. The van der Waals surface area contributed by atoms with E-state index in [4.69, 9.17) is 0 Å². The number of alkyl halides is 2. The van der Waals surface area contributed by atoms with E-state index in [1.807, 2.05) is 28.8 Å². The van der Waals surface area contributed by atoms with Gasteiger partial charge in [0.15, 0.2) is 0 Å². The number of benzene rings is 1. The second-order valence-electron chi connectivity index (χ2n) is 6.14. The Labute approximate surface area is 121 Å². The summed E-state index contributed by atoms with van der Waals surface area (Å²) in [5, 5.41) is 11.0. The summed E-state index contributed by atoms with van der Waals surface area (Å²) in [5.41, 5.74) is 1.85. The van der Waals surface area contributed by atoms with Crippen LogP contribution in [0.5, 0.6) is 0 Å². The first kappa shape index (κ1) is 13.0. The third kappa shape index (κ3) is 1.83. The lowest BCUT2D eigenvalue weighted by molar-refractivity contribution is -0.116. The smallest absolute Gasteiger partial charge is 0.248 e. The molecule has 0 spiro atoms. The van der Waals surface area contributed by atoms with Gasteiger partial charge in [0.1, 0.15) is 0 Å². The van der Waals surface area contributed by atoms with E-state index >= 15 is 0 Å². The number of aliphatic hydroxyl groups is 1. The maximum Gasteiger partial charge on any atom is 0.248 e. The highest BCUT2D eigenvalue weighted by Crippen LogP contribution is 2.51. The molecule has 1 fully saturated rings. The van der Waals surface area contributed by atoms with Crippen molar-refractivity contribution < 1.29 is 13.9 Å². The number of hydrogen-bond donors (Lipinski definition) is 1. The molecule has 1 aliphatic heterocycles. The molecule has 0 saturated heterocycles. The average Bonchev–Trinajstić information content (AvgIpc) is 3.03. The molecule has 0 unspecified atom stereocenters. The molecule has 2 heterocycles. The molecule has 3 nitrogen and oxygen atoms in total. The Morgan fingerprint density at radius 2 is 1.86 bits per heavy atom. The highest BCUT2D eigenvalue weighted by Gasteiger charge is 2.50. The number of aromatic nitrogens is 2. The number of fused-ring (bicyclic) bond motifs is 3. The van der Waals surface area contributed by atoms with Crippen LogP contribution in [0.15, 0.2) is 36.8 Å². The van der Waals surface area contributed by atoms with Gasteiger partial charge in [0, 0.05) is 18.4 Å². The Kier molecular flexibility index (Phi) is 2.55. The number of nitrogens with zero attached hydrogens (tertiary/aromatic N) is 2. The third-order valence-corrected chi connectivity index (χ3v) is 4.83. The van der Waals surface area contributed by atoms with Crippen LogP contribution < -0.4 is 0 Å². The zero-order valence-electron chi connectivity index (χ0n) is 11.5. The minimum absolute atomic E-state index is 0.108. The summed E-state index contributed by atoms with van der Waals surface area (Å²) in [6.45, 7) is 0. The average molecular weight is 290 g/mol. The van der Waals surface area contributed by atoms with E-state index in [0.29, 0.717) is 0 Å². The molecule has 0 amide bonds. The standard InChI is InChI=1S/C16H16F2N2O/c17-16(18)7-5-15(21,6-8-16)14-12-4-2-1-3-11(12)13-9-19-10-20(13)14/h1-4,9-10,14,21H,5-8H2/t14-/m0/s1. The Balaban J connectivity index is 1.79. The van der Waals surface area contributed by atoms with Gasteiger partial charge in [-0.3, -0.25) is 0 Å². The maximum atomic E-state index is 13.4. The first-order valence-corrected chi connectivity index (χ1v) is 7.22.